The molecule has 0 aliphatic rings. The summed E-state index contributed by atoms with van der Waals surface area (Å²) in [7, 11) is 0. The number of anilines is 2. The Kier molecular flexibility index (Phi) is 5.62. The highest BCUT2D eigenvalue weighted by Crippen LogP contribution is 2.31. The van der Waals surface area contributed by atoms with Crippen molar-refractivity contribution in [2.75, 3.05) is 4.90 Å². The van der Waals surface area contributed by atoms with Gasteiger partial charge in [-0.15, -0.1) is 0 Å². The second kappa shape index (κ2) is 8.10. The number of para-hydroxylation sites is 1. The van der Waals surface area contributed by atoms with Crippen LogP contribution in [0.25, 0.3) is 0 Å². The summed E-state index contributed by atoms with van der Waals surface area (Å²) in [5.41, 5.74) is 2.39. The van der Waals surface area contributed by atoms with E-state index >= 15 is 0 Å². The number of halogens is 1. The maximum Gasteiger partial charge on any atom is 0.302 e. The van der Waals surface area contributed by atoms with Crippen molar-refractivity contribution in [1.82, 2.24) is 0 Å². The number of hydrogen-bond acceptors (Lipinski definition) is 4. The highest BCUT2D eigenvalue weighted by atomic mass is 35.5. The van der Waals surface area contributed by atoms with Crippen molar-refractivity contribution in [2.24, 2.45) is 0 Å². The van der Waals surface area contributed by atoms with Gasteiger partial charge in [0.2, 0.25) is 0 Å². The van der Waals surface area contributed by atoms with Crippen molar-refractivity contribution in [3.05, 3.63) is 82.8 Å². The lowest BCUT2D eigenvalue weighted by Crippen LogP contribution is -2.26. The highest BCUT2D eigenvalue weighted by Gasteiger charge is 2.23. The van der Waals surface area contributed by atoms with Gasteiger partial charge in [-0.25, -0.2) is 0 Å². The zero-order valence-corrected chi connectivity index (χ0v) is 15.7. The first kappa shape index (κ1) is 18.7. The van der Waals surface area contributed by atoms with Gasteiger partial charge in [-0.1, -0.05) is 29.8 Å². The van der Waals surface area contributed by atoms with Gasteiger partial charge in [-0.3, -0.25) is 14.5 Å². The van der Waals surface area contributed by atoms with Gasteiger partial charge < -0.3 is 9.15 Å². The molecule has 0 fully saturated rings. The lowest BCUT2D eigenvalue weighted by molar-refractivity contribution is -0.142. The van der Waals surface area contributed by atoms with E-state index in [0.717, 1.165) is 0 Å². The van der Waals surface area contributed by atoms with Crippen molar-refractivity contribution in [2.45, 2.75) is 20.5 Å². The molecule has 27 heavy (non-hydrogen) atoms. The van der Waals surface area contributed by atoms with Gasteiger partial charge in [0, 0.05) is 28.9 Å². The Morgan fingerprint density at radius 2 is 1.81 bits per heavy atom. The lowest BCUT2D eigenvalue weighted by Gasteiger charge is -2.24. The molecule has 0 N–H and O–H groups in total. The number of ether oxygens (including phenoxy) is 1. The first-order valence-corrected chi connectivity index (χ1v) is 8.70. The van der Waals surface area contributed by atoms with E-state index in [4.69, 9.17) is 20.8 Å². The Morgan fingerprint density at radius 3 is 2.44 bits per heavy atom. The van der Waals surface area contributed by atoms with Crippen LogP contribution in [0.5, 0.6) is 0 Å². The van der Waals surface area contributed by atoms with E-state index in [1.165, 1.54) is 13.2 Å². The number of amides is 1. The summed E-state index contributed by atoms with van der Waals surface area (Å²) in [5, 5.41) is 0.458. The third kappa shape index (κ3) is 4.20. The molecule has 2 aromatic carbocycles. The number of rotatable bonds is 5. The van der Waals surface area contributed by atoms with E-state index in [-0.39, 0.29) is 12.5 Å². The van der Waals surface area contributed by atoms with Gasteiger partial charge in [-0.05, 0) is 43.3 Å². The van der Waals surface area contributed by atoms with Gasteiger partial charge in [0.15, 0.2) is 0 Å². The van der Waals surface area contributed by atoms with Crippen LogP contribution in [-0.2, 0) is 16.1 Å². The molecule has 0 unspecified atom stereocenters. The lowest BCUT2D eigenvalue weighted by atomic mass is 10.1. The molecule has 0 aliphatic carbocycles. The Labute approximate surface area is 162 Å². The molecule has 6 heteroatoms. The smallest absolute Gasteiger partial charge is 0.302 e. The molecule has 1 aromatic heterocycles. The number of benzene rings is 2. The van der Waals surface area contributed by atoms with Crippen LogP contribution in [0.3, 0.4) is 0 Å². The highest BCUT2D eigenvalue weighted by molar-refractivity contribution is 6.31. The van der Waals surface area contributed by atoms with E-state index in [9.17, 15) is 9.59 Å². The minimum absolute atomic E-state index is 0.0313. The monoisotopic (exact) mass is 383 g/mol. The Bertz CT molecular complexity index is 965. The Balaban J connectivity index is 2.06. The van der Waals surface area contributed by atoms with Crippen molar-refractivity contribution >= 4 is 34.9 Å². The molecule has 0 aliphatic heterocycles. The molecule has 0 spiro atoms. The minimum atomic E-state index is -0.401. The number of nitrogens with zero attached hydrogens (tertiary/aromatic N) is 1. The summed E-state index contributed by atoms with van der Waals surface area (Å²) in [6.45, 7) is 3.10. The topological polar surface area (TPSA) is 59.8 Å². The molecule has 0 bridgehead atoms. The number of esters is 1. The summed E-state index contributed by atoms with van der Waals surface area (Å²) in [5.74, 6) is -0.0928. The first-order chi connectivity index (χ1) is 13.0. The van der Waals surface area contributed by atoms with Gasteiger partial charge in [0.1, 0.15) is 12.4 Å². The van der Waals surface area contributed by atoms with Gasteiger partial charge in [-0.2, -0.15) is 0 Å². The molecular formula is C21H18ClNO4. The predicted octanol–water partition coefficient (Wildman–Crippen LogP) is 5.28. The van der Waals surface area contributed by atoms with Crippen LogP contribution in [0.4, 0.5) is 11.4 Å². The quantitative estimate of drug-likeness (QED) is 0.562. The molecule has 0 atom stereocenters. The molecular weight excluding hydrogens is 366 g/mol. The molecule has 0 saturated carbocycles. The number of furan rings is 1. The molecule has 138 valence electrons. The van der Waals surface area contributed by atoms with Gasteiger partial charge >= 0.3 is 5.97 Å². The molecule has 0 radical (unpaired) electrons. The van der Waals surface area contributed by atoms with Crippen LogP contribution in [0.1, 0.15) is 28.6 Å². The largest absolute Gasteiger partial charge is 0.469 e. The second-order valence-corrected chi connectivity index (χ2v) is 6.33. The number of aryl methyl sites for hydroxylation is 1. The van der Waals surface area contributed by atoms with Crippen LogP contribution in [0.2, 0.25) is 5.02 Å². The van der Waals surface area contributed by atoms with Crippen LogP contribution in [0, 0.1) is 6.92 Å². The van der Waals surface area contributed by atoms with E-state index in [0.29, 0.717) is 33.3 Å². The third-order valence-corrected chi connectivity index (χ3v) is 4.39. The predicted molar refractivity (Wildman–Crippen MR) is 103 cm³/mol. The van der Waals surface area contributed by atoms with Crippen molar-refractivity contribution in [3.63, 3.8) is 0 Å². The molecule has 3 aromatic rings. The van der Waals surface area contributed by atoms with Crippen LogP contribution < -0.4 is 4.90 Å². The van der Waals surface area contributed by atoms with E-state index in [2.05, 4.69) is 0 Å². The second-order valence-electron chi connectivity index (χ2n) is 5.92. The standard InChI is InChI=1S/C21H18ClNO4/c1-14-19(10-11-26-14)21(25)23(17-6-4-3-5-7-17)18-8-9-20(22)16(12-18)13-27-15(2)24/h3-12H,13H2,1-2H3. The molecule has 3 rings (SSSR count). The summed E-state index contributed by atoms with van der Waals surface area (Å²) >= 11 is 6.22. The average molecular weight is 384 g/mol. The zero-order chi connectivity index (χ0) is 19.4. The number of hydrogen-bond donors (Lipinski definition) is 0. The fourth-order valence-electron chi connectivity index (χ4n) is 2.68. The maximum absolute atomic E-state index is 13.2. The average Bonchev–Trinajstić information content (AvgIpc) is 3.09. The zero-order valence-electron chi connectivity index (χ0n) is 14.9. The summed E-state index contributed by atoms with van der Waals surface area (Å²) < 4.78 is 10.3. The SMILES string of the molecule is CC(=O)OCc1cc(N(C(=O)c2ccoc2C)c2ccccc2)ccc1Cl. The number of carbonyl (C=O) groups excluding carboxylic acids is 2. The van der Waals surface area contributed by atoms with Gasteiger partial charge in [0.05, 0.1) is 11.8 Å². The van der Waals surface area contributed by atoms with E-state index < -0.39 is 5.97 Å². The minimum Gasteiger partial charge on any atom is -0.469 e. The Hall–Kier alpha value is -3.05. The summed E-state index contributed by atoms with van der Waals surface area (Å²) in [6, 6.07) is 16.1. The van der Waals surface area contributed by atoms with Gasteiger partial charge in [0.25, 0.3) is 5.91 Å². The first-order valence-electron chi connectivity index (χ1n) is 8.32. The molecule has 1 heterocycles. The third-order valence-electron chi connectivity index (χ3n) is 4.03. The fourth-order valence-corrected chi connectivity index (χ4v) is 2.85. The molecule has 1 amide bonds. The van der Waals surface area contributed by atoms with Crippen molar-refractivity contribution in [1.29, 1.82) is 0 Å². The van der Waals surface area contributed by atoms with Crippen LogP contribution >= 0.6 is 11.6 Å². The summed E-state index contributed by atoms with van der Waals surface area (Å²) in [4.78, 5) is 25.9. The van der Waals surface area contributed by atoms with Crippen molar-refractivity contribution < 1.29 is 18.7 Å². The Morgan fingerprint density at radius 1 is 1.07 bits per heavy atom. The number of carbonyl (C=O) groups is 2. The van der Waals surface area contributed by atoms with Crippen molar-refractivity contribution in [3.8, 4) is 0 Å². The fraction of sp³-hybridized carbons (Fsp3) is 0.143. The van der Waals surface area contributed by atoms with Crippen LogP contribution in [-0.4, -0.2) is 11.9 Å². The summed E-state index contributed by atoms with van der Waals surface area (Å²) in [6.07, 6.45) is 1.49. The maximum atomic E-state index is 13.2. The normalized spacial score (nSPS) is 10.5. The van der Waals surface area contributed by atoms with Crippen LogP contribution in [0.15, 0.2) is 65.3 Å². The van der Waals surface area contributed by atoms with E-state index in [1.54, 1.807) is 36.1 Å². The molecule has 5 nitrogen and oxygen atoms in total. The van der Waals surface area contributed by atoms with E-state index in [1.807, 2.05) is 30.3 Å². The molecule has 0 saturated heterocycles.